The summed E-state index contributed by atoms with van der Waals surface area (Å²) in [5.74, 6) is -5.10. The molecule has 10 heteroatoms. The van der Waals surface area contributed by atoms with Crippen LogP contribution in [0.3, 0.4) is 0 Å². The van der Waals surface area contributed by atoms with Gasteiger partial charge in [0.05, 0.1) is 16.0 Å². The van der Waals surface area contributed by atoms with Crippen molar-refractivity contribution in [3.05, 3.63) is 70.4 Å². The summed E-state index contributed by atoms with van der Waals surface area (Å²) in [5, 5.41) is 2.39. The molecule has 0 fully saturated rings. The second-order valence-electron chi connectivity index (χ2n) is 7.63. The SMILES string of the molecule is C=Cc1c(NC(=O)C2=CC(S(=O)(=O)N[C@@H](CC)C(F)(F)C=C)=CCCC2C)ccc(F)c1Cl. The predicted octanol–water partition coefficient (Wildman–Crippen LogP) is 5.82. The summed E-state index contributed by atoms with van der Waals surface area (Å²) < 4.78 is 69.6. The first-order chi connectivity index (χ1) is 15.4. The second kappa shape index (κ2) is 10.7. The van der Waals surface area contributed by atoms with Gasteiger partial charge in [0.15, 0.2) is 0 Å². The van der Waals surface area contributed by atoms with Gasteiger partial charge in [-0.1, -0.05) is 50.8 Å². The van der Waals surface area contributed by atoms with E-state index in [4.69, 9.17) is 11.6 Å². The first-order valence-electron chi connectivity index (χ1n) is 10.2. The van der Waals surface area contributed by atoms with Crippen LogP contribution in [0.25, 0.3) is 6.08 Å². The zero-order chi connectivity index (χ0) is 25.0. The lowest BCUT2D eigenvalue weighted by Crippen LogP contribution is -2.46. The van der Waals surface area contributed by atoms with Crippen molar-refractivity contribution in [2.45, 2.75) is 45.1 Å². The third kappa shape index (κ3) is 6.16. The number of hydrogen-bond acceptors (Lipinski definition) is 3. The second-order valence-corrected chi connectivity index (χ2v) is 9.72. The first-order valence-corrected chi connectivity index (χ1v) is 12.1. The Morgan fingerprint density at radius 1 is 1.36 bits per heavy atom. The number of hydrogen-bond donors (Lipinski definition) is 2. The Morgan fingerprint density at radius 2 is 2.03 bits per heavy atom. The quantitative estimate of drug-likeness (QED) is 0.418. The average Bonchev–Trinajstić information content (AvgIpc) is 2.97. The number of halogens is 4. The normalized spacial score (nSPS) is 17.9. The summed E-state index contributed by atoms with van der Waals surface area (Å²) >= 11 is 5.94. The fraction of sp³-hybridized carbons (Fsp3) is 0.348. The minimum absolute atomic E-state index is 0.128. The highest BCUT2D eigenvalue weighted by molar-refractivity contribution is 7.93. The van der Waals surface area contributed by atoms with E-state index in [1.165, 1.54) is 31.2 Å². The van der Waals surface area contributed by atoms with Gasteiger partial charge in [0.1, 0.15) is 5.82 Å². The number of allylic oxidation sites excluding steroid dienone is 2. The Labute approximate surface area is 197 Å². The van der Waals surface area contributed by atoms with E-state index < -0.39 is 33.7 Å². The molecule has 180 valence electrons. The van der Waals surface area contributed by atoms with Crippen molar-refractivity contribution in [2.24, 2.45) is 5.92 Å². The Morgan fingerprint density at radius 3 is 2.61 bits per heavy atom. The van der Waals surface area contributed by atoms with E-state index in [9.17, 15) is 26.4 Å². The molecule has 33 heavy (non-hydrogen) atoms. The molecular formula is C23H26ClF3N2O3S. The maximum absolute atomic E-state index is 14.0. The van der Waals surface area contributed by atoms with Gasteiger partial charge in [-0.15, -0.1) is 0 Å². The lowest BCUT2D eigenvalue weighted by molar-refractivity contribution is -0.113. The van der Waals surface area contributed by atoms with Gasteiger partial charge in [0.2, 0.25) is 10.0 Å². The molecule has 0 radical (unpaired) electrons. The maximum atomic E-state index is 14.0. The largest absolute Gasteiger partial charge is 0.322 e. The molecule has 0 aromatic heterocycles. The van der Waals surface area contributed by atoms with Gasteiger partial charge in [0, 0.05) is 16.8 Å². The van der Waals surface area contributed by atoms with E-state index in [1.54, 1.807) is 6.92 Å². The minimum Gasteiger partial charge on any atom is -0.322 e. The smallest absolute Gasteiger partial charge is 0.282 e. The molecule has 0 heterocycles. The number of anilines is 1. The summed E-state index contributed by atoms with van der Waals surface area (Å²) in [6.45, 7) is 9.80. The first kappa shape index (κ1) is 26.9. The van der Waals surface area contributed by atoms with E-state index in [-0.39, 0.29) is 39.1 Å². The van der Waals surface area contributed by atoms with Gasteiger partial charge in [-0.2, -0.15) is 0 Å². The molecule has 0 bridgehead atoms. The lowest BCUT2D eigenvalue weighted by atomic mass is 9.96. The number of rotatable bonds is 9. The molecule has 0 aliphatic heterocycles. The van der Waals surface area contributed by atoms with Gasteiger partial charge in [-0.05, 0) is 49.5 Å². The van der Waals surface area contributed by atoms with Crippen molar-refractivity contribution in [2.75, 3.05) is 5.32 Å². The third-order valence-corrected chi connectivity index (χ3v) is 7.26. The summed E-state index contributed by atoms with van der Waals surface area (Å²) in [4.78, 5) is 12.7. The maximum Gasteiger partial charge on any atom is 0.282 e. The molecular weight excluding hydrogens is 477 g/mol. The molecule has 0 spiro atoms. The van der Waals surface area contributed by atoms with Gasteiger partial charge >= 0.3 is 0 Å². The summed E-state index contributed by atoms with van der Waals surface area (Å²) in [5.41, 5.74) is 0.499. The number of nitrogens with one attached hydrogen (secondary N) is 2. The van der Waals surface area contributed by atoms with Crippen molar-refractivity contribution >= 4 is 39.3 Å². The topological polar surface area (TPSA) is 75.3 Å². The van der Waals surface area contributed by atoms with E-state index in [2.05, 4.69) is 18.5 Å². The van der Waals surface area contributed by atoms with Crippen LogP contribution in [0.2, 0.25) is 5.02 Å². The van der Waals surface area contributed by atoms with E-state index in [0.717, 1.165) is 6.07 Å². The zero-order valence-electron chi connectivity index (χ0n) is 18.3. The predicted molar refractivity (Wildman–Crippen MR) is 126 cm³/mol. The van der Waals surface area contributed by atoms with Crippen LogP contribution in [-0.4, -0.2) is 26.3 Å². The van der Waals surface area contributed by atoms with E-state index in [0.29, 0.717) is 18.9 Å². The monoisotopic (exact) mass is 502 g/mol. The van der Waals surface area contributed by atoms with E-state index in [1.807, 2.05) is 4.72 Å². The van der Waals surface area contributed by atoms with Crippen LogP contribution in [0, 0.1) is 11.7 Å². The van der Waals surface area contributed by atoms with Crippen molar-refractivity contribution in [3.63, 3.8) is 0 Å². The highest BCUT2D eigenvalue weighted by Gasteiger charge is 2.38. The van der Waals surface area contributed by atoms with Crippen molar-refractivity contribution in [3.8, 4) is 0 Å². The van der Waals surface area contributed by atoms with Gasteiger partial charge in [-0.25, -0.2) is 26.3 Å². The van der Waals surface area contributed by atoms with Crippen LogP contribution in [0.15, 0.2) is 54.0 Å². The number of carbonyl (C=O) groups is 1. The fourth-order valence-electron chi connectivity index (χ4n) is 3.36. The number of alkyl halides is 2. The number of sulfonamides is 1. The highest BCUT2D eigenvalue weighted by Crippen LogP contribution is 2.31. The van der Waals surface area contributed by atoms with Gasteiger partial charge in [0.25, 0.3) is 11.8 Å². The minimum atomic E-state index is -4.36. The van der Waals surface area contributed by atoms with Crippen LogP contribution >= 0.6 is 11.6 Å². The molecule has 0 saturated heterocycles. The number of carbonyl (C=O) groups excluding carboxylic acids is 1. The molecule has 1 aliphatic rings. The van der Waals surface area contributed by atoms with Gasteiger partial charge < -0.3 is 5.32 Å². The molecule has 1 amide bonds. The Bertz CT molecular complexity index is 1110. The molecule has 5 nitrogen and oxygen atoms in total. The molecule has 2 rings (SSSR count). The van der Waals surface area contributed by atoms with Crippen LogP contribution in [0.1, 0.15) is 38.7 Å². The molecule has 1 aromatic carbocycles. The van der Waals surface area contributed by atoms with Crippen molar-refractivity contribution < 1.29 is 26.4 Å². The Kier molecular flexibility index (Phi) is 8.73. The highest BCUT2D eigenvalue weighted by atomic mass is 35.5. The standard InChI is InChI=1S/C23H26ClF3N2O3S/c1-5-16-19(12-11-18(25)21(16)24)28-22(30)17-13-15(10-8-9-14(17)4)33(31,32)29-20(6-2)23(26,27)7-3/h5,7,10-14,20,29H,1,3,6,8-9H2,2,4H3,(H,28,30)/t14?,20-/m0/s1. The van der Waals surface area contributed by atoms with Gasteiger partial charge in [-0.3, -0.25) is 4.79 Å². The van der Waals surface area contributed by atoms with Crippen LogP contribution in [0.4, 0.5) is 18.9 Å². The molecule has 2 atom stereocenters. The number of amides is 1. The van der Waals surface area contributed by atoms with Crippen molar-refractivity contribution in [1.82, 2.24) is 4.72 Å². The van der Waals surface area contributed by atoms with Crippen LogP contribution < -0.4 is 10.0 Å². The molecule has 1 aliphatic carbocycles. The molecule has 1 aromatic rings. The molecule has 0 saturated carbocycles. The average molecular weight is 503 g/mol. The third-order valence-electron chi connectivity index (χ3n) is 5.37. The Balaban J connectivity index is 2.40. The van der Waals surface area contributed by atoms with Crippen LogP contribution in [0.5, 0.6) is 0 Å². The summed E-state index contributed by atoms with van der Waals surface area (Å²) in [6.07, 6.45) is 4.85. The molecule has 1 unspecified atom stereocenters. The molecule has 2 N–H and O–H groups in total. The van der Waals surface area contributed by atoms with Crippen molar-refractivity contribution in [1.29, 1.82) is 0 Å². The lowest BCUT2D eigenvalue weighted by Gasteiger charge is -2.24. The Hall–Kier alpha value is -2.36. The van der Waals surface area contributed by atoms with Crippen LogP contribution in [-0.2, 0) is 14.8 Å². The zero-order valence-corrected chi connectivity index (χ0v) is 19.9. The summed E-state index contributed by atoms with van der Waals surface area (Å²) in [7, 11) is -4.36. The summed E-state index contributed by atoms with van der Waals surface area (Å²) in [6, 6.07) is 0.708. The van der Waals surface area contributed by atoms with E-state index >= 15 is 0 Å². The number of benzene rings is 1. The fourth-order valence-corrected chi connectivity index (χ4v) is 5.06.